The van der Waals surface area contributed by atoms with Gasteiger partial charge in [-0.15, -0.1) is 11.3 Å². The third-order valence-electron chi connectivity index (χ3n) is 7.27. The number of rotatable bonds is 8. The number of Topliss-reactive ketones (excluding diaryl/α,β-unsaturated/α-hetero) is 1. The molecule has 3 aliphatic rings. The molecular formula is C29H29F3N2O5S. The number of carboxylic acids is 1. The summed E-state index contributed by atoms with van der Waals surface area (Å²) in [6.07, 6.45) is -3.35. The van der Waals surface area contributed by atoms with Gasteiger partial charge < -0.3 is 24.4 Å². The van der Waals surface area contributed by atoms with Crippen molar-refractivity contribution < 1.29 is 41.9 Å². The second-order valence-corrected chi connectivity index (χ2v) is 10.9. The van der Waals surface area contributed by atoms with Crippen molar-refractivity contribution in [2.45, 2.75) is 31.2 Å². The minimum Gasteiger partial charge on any atom is -0.542 e. The number of thiophene rings is 1. The van der Waals surface area contributed by atoms with Crippen LogP contribution in [0.25, 0.3) is 0 Å². The van der Waals surface area contributed by atoms with Gasteiger partial charge in [0.15, 0.2) is 12.1 Å². The molecule has 0 saturated carbocycles. The van der Waals surface area contributed by atoms with E-state index in [2.05, 4.69) is 5.32 Å². The van der Waals surface area contributed by atoms with E-state index in [9.17, 15) is 22.8 Å². The number of hydrogen-bond acceptors (Lipinski definition) is 7. The summed E-state index contributed by atoms with van der Waals surface area (Å²) >= 11 is 1.50. The van der Waals surface area contributed by atoms with Crippen LogP contribution < -0.4 is 10.4 Å². The maximum Gasteiger partial charge on any atom is 0.430 e. The van der Waals surface area contributed by atoms with Gasteiger partial charge in [-0.05, 0) is 29.1 Å². The third kappa shape index (κ3) is 7.48. The lowest BCUT2D eigenvalue weighted by atomic mass is 9.83. The fourth-order valence-electron chi connectivity index (χ4n) is 5.24. The topological polar surface area (TPSA) is 95.5 Å². The first-order valence-electron chi connectivity index (χ1n) is 12.8. The van der Waals surface area contributed by atoms with Crippen LogP contribution in [0, 0.1) is 5.92 Å². The van der Waals surface area contributed by atoms with Crippen LogP contribution in [0.2, 0.25) is 0 Å². The van der Waals surface area contributed by atoms with Crippen molar-refractivity contribution in [1.82, 2.24) is 0 Å². The van der Waals surface area contributed by atoms with Gasteiger partial charge in [0, 0.05) is 24.4 Å². The fraction of sp³-hybridized carbons (Fsp3) is 0.345. The number of benzene rings is 2. The van der Waals surface area contributed by atoms with Crippen LogP contribution in [0.5, 0.6) is 0 Å². The second kappa shape index (κ2) is 12.6. The number of hydrogen-bond donors (Lipinski definition) is 1. The second-order valence-electron chi connectivity index (χ2n) is 9.98. The number of carbonyl (C=O) groups is 3. The number of ketones is 1. The SMILES string of the molecule is O=C(C[N+]12CCC(CC1)[C@@H](OC(=O)[C@H](Nc1ccccc1)c1ccccc1)C2)c1cccs1.O=C([O-])C(F)(F)F. The standard InChI is InChI=1S/C27H29N2O3S.C2HF3O2/c30-23(25-12-7-17-33-25)18-29-15-13-20(14-16-29)24(19-29)32-27(31)26(21-8-3-1-4-9-21)28-22-10-5-2-6-11-22;3-2(4,5)1(6)7/h1-12,17,20,24,26,28H,13-16,18-19H2;(H,6,7)/q+1;/p-1/t20?,24-,26+,29?;/m0./s1. The maximum absolute atomic E-state index is 13.4. The van der Waals surface area contributed by atoms with Gasteiger partial charge in [0.05, 0.1) is 18.0 Å². The zero-order valence-corrected chi connectivity index (χ0v) is 22.3. The molecule has 2 atom stereocenters. The fourth-order valence-corrected chi connectivity index (χ4v) is 5.90. The number of halogens is 3. The van der Waals surface area contributed by atoms with Crippen LogP contribution in [0.1, 0.15) is 34.1 Å². The number of nitrogens with one attached hydrogen (secondary N) is 1. The van der Waals surface area contributed by atoms with Crippen molar-refractivity contribution in [1.29, 1.82) is 0 Å². The van der Waals surface area contributed by atoms with E-state index in [-0.39, 0.29) is 17.9 Å². The number of piperidine rings is 3. The minimum atomic E-state index is -5.19. The van der Waals surface area contributed by atoms with E-state index >= 15 is 0 Å². The molecule has 11 heteroatoms. The van der Waals surface area contributed by atoms with Gasteiger partial charge in [-0.2, -0.15) is 13.2 Å². The Labute approximate surface area is 233 Å². The molecule has 0 unspecified atom stereocenters. The van der Waals surface area contributed by atoms with E-state index in [0.29, 0.717) is 12.5 Å². The lowest BCUT2D eigenvalue weighted by Gasteiger charge is -2.51. The molecule has 3 aromatic rings. The predicted molar refractivity (Wildman–Crippen MR) is 141 cm³/mol. The minimum absolute atomic E-state index is 0.153. The highest BCUT2D eigenvalue weighted by atomic mass is 32.1. The Balaban J connectivity index is 0.000000470. The van der Waals surface area contributed by atoms with E-state index in [1.807, 2.05) is 78.2 Å². The molecule has 3 saturated heterocycles. The van der Waals surface area contributed by atoms with Gasteiger partial charge in [0.25, 0.3) is 0 Å². The first kappa shape index (κ1) is 29.3. The summed E-state index contributed by atoms with van der Waals surface area (Å²) in [5, 5.41) is 14.1. The summed E-state index contributed by atoms with van der Waals surface area (Å²) in [6, 6.07) is 22.7. The van der Waals surface area contributed by atoms with Gasteiger partial charge in [0.2, 0.25) is 5.78 Å². The summed E-state index contributed by atoms with van der Waals surface area (Å²) in [5.74, 6) is -2.69. The molecule has 212 valence electrons. The predicted octanol–water partition coefficient (Wildman–Crippen LogP) is 4.24. The highest BCUT2D eigenvalue weighted by Gasteiger charge is 2.49. The third-order valence-corrected chi connectivity index (χ3v) is 8.18. The van der Waals surface area contributed by atoms with Gasteiger partial charge in [-0.3, -0.25) is 4.79 Å². The Kier molecular flexibility index (Phi) is 9.26. The van der Waals surface area contributed by atoms with Gasteiger partial charge in [-0.25, -0.2) is 4.79 Å². The maximum atomic E-state index is 13.4. The molecule has 2 bridgehead atoms. The number of anilines is 1. The average Bonchev–Trinajstić information content (AvgIpc) is 3.49. The molecule has 7 nitrogen and oxygen atoms in total. The molecule has 0 spiro atoms. The molecule has 0 radical (unpaired) electrons. The molecule has 1 aromatic heterocycles. The van der Waals surface area contributed by atoms with Crippen molar-refractivity contribution in [3.05, 3.63) is 88.6 Å². The lowest BCUT2D eigenvalue weighted by Crippen LogP contribution is -2.65. The average molecular weight is 575 g/mol. The van der Waals surface area contributed by atoms with Crippen LogP contribution in [0.4, 0.5) is 18.9 Å². The number of carbonyl (C=O) groups excluding carboxylic acids is 3. The molecule has 3 fully saturated rings. The Morgan fingerprint density at radius 2 is 1.57 bits per heavy atom. The summed E-state index contributed by atoms with van der Waals surface area (Å²) in [6.45, 7) is 3.19. The number of quaternary nitrogens is 1. The quantitative estimate of drug-likeness (QED) is 0.246. The molecule has 2 aromatic carbocycles. The molecule has 0 aliphatic carbocycles. The Bertz CT molecular complexity index is 1280. The van der Waals surface area contributed by atoms with Gasteiger partial charge >= 0.3 is 12.1 Å². The van der Waals surface area contributed by atoms with E-state index < -0.39 is 18.2 Å². The highest BCUT2D eigenvalue weighted by Crippen LogP contribution is 2.37. The molecule has 4 heterocycles. The Morgan fingerprint density at radius 3 is 2.12 bits per heavy atom. The molecule has 0 amide bonds. The summed E-state index contributed by atoms with van der Waals surface area (Å²) < 4.78 is 38.5. The first-order valence-corrected chi connectivity index (χ1v) is 13.7. The number of fused-ring (bicyclic) bond motifs is 3. The summed E-state index contributed by atoms with van der Waals surface area (Å²) in [4.78, 5) is 35.9. The molecule has 3 aliphatic heterocycles. The molecule has 1 N–H and O–H groups in total. The Hall–Kier alpha value is -3.70. The largest absolute Gasteiger partial charge is 0.542 e. The number of ether oxygens (including phenoxy) is 1. The van der Waals surface area contributed by atoms with E-state index in [1.165, 1.54) is 11.3 Å². The number of para-hydroxylation sites is 1. The number of carboxylic acid groups (broad SMARTS) is 1. The van der Waals surface area contributed by atoms with Crippen LogP contribution in [-0.2, 0) is 14.3 Å². The first-order chi connectivity index (χ1) is 19.1. The van der Waals surface area contributed by atoms with Crippen LogP contribution in [0.3, 0.4) is 0 Å². The zero-order valence-electron chi connectivity index (χ0n) is 21.5. The normalized spacial score (nSPS) is 22.4. The van der Waals surface area contributed by atoms with Gasteiger partial charge in [0.1, 0.15) is 19.1 Å². The lowest BCUT2D eigenvalue weighted by molar-refractivity contribution is -0.938. The van der Waals surface area contributed by atoms with Crippen LogP contribution in [-0.4, -0.2) is 60.7 Å². The van der Waals surface area contributed by atoms with Crippen molar-refractivity contribution in [2.24, 2.45) is 5.92 Å². The van der Waals surface area contributed by atoms with Crippen molar-refractivity contribution in [3.8, 4) is 0 Å². The highest BCUT2D eigenvalue weighted by molar-refractivity contribution is 7.12. The summed E-state index contributed by atoms with van der Waals surface area (Å²) in [7, 11) is 0. The van der Waals surface area contributed by atoms with E-state index in [0.717, 1.165) is 53.1 Å². The zero-order chi connectivity index (χ0) is 28.8. The number of aliphatic carboxylic acids is 1. The van der Waals surface area contributed by atoms with Crippen molar-refractivity contribution >= 4 is 34.7 Å². The Morgan fingerprint density at radius 1 is 0.975 bits per heavy atom. The summed E-state index contributed by atoms with van der Waals surface area (Å²) in [5.41, 5.74) is 1.76. The molecular weight excluding hydrogens is 545 g/mol. The monoisotopic (exact) mass is 574 g/mol. The van der Waals surface area contributed by atoms with Crippen molar-refractivity contribution in [2.75, 3.05) is 31.5 Å². The van der Waals surface area contributed by atoms with E-state index in [4.69, 9.17) is 14.6 Å². The van der Waals surface area contributed by atoms with Crippen LogP contribution >= 0.6 is 11.3 Å². The van der Waals surface area contributed by atoms with Crippen LogP contribution in [0.15, 0.2) is 78.2 Å². The van der Waals surface area contributed by atoms with Gasteiger partial charge in [-0.1, -0.05) is 54.6 Å². The van der Waals surface area contributed by atoms with Crippen molar-refractivity contribution in [3.63, 3.8) is 0 Å². The number of alkyl halides is 3. The number of esters is 1. The molecule has 6 rings (SSSR count). The smallest absolute Gasteiger partial charge is 0.430 e. The van der Waals surface area contributed by atoms with E-state index in [1.54, 1.807) is 0 Å². The molecule has 40 heavy (non-hydrogen) atoms. The number of nitrogens with zero attached hydrogens (tertiary/aromatic N) is 1.